The van der Waals surface area contributed by atoms with Crippen LogP contribution in [0.1, 0.15) is 26.7 Å². The summed E-state index contributed by atoms with van der Waals surface area (Å²) in [5.74, 6) is 0.190. The van der Waals surface area contributed by atoms with Gasteiger partial charge in [0.25, 0.3) is 0 Å². The number of hydrogen-bond acceptors (Lipinski definition) is 2. The van der Waals surface area contributed by atoms with Gasteiger partial charge in [-0.15, -0.1) is 0 Å². The maximum atomic E-state index is 12.4. The molecule has 0 aromatic carbocycles. The van der Waals surface area contributed by atoms with E-state index in [2.05, 4.69) is 0 Å². The Kier molecular flexibility index (Phi) is 3.17. The molecule has 0 amide bonds. The third-order valence-electron chi connectivity index (χ3n) is 3.26. The van der Waals surface area contributed by atoms with Crippen molar-refractivity contribution in [3.8, 4) is 0 Å². The van der Waals surface area contributed by atoms with Gasteiger partial charge < -0.3 is 10.2 Å². The fourth-order valence-electron chi connectivity index (χ4n) is 1.34. The number of rotatable bonds is 2. The molecule has 0 radical (unpaired) electrons. The second-order valence-electron chi connectivity index (χ2n) is 4.60. The molecule has 2 aliphatic carbocycles. The third kappa shape index (κ3) is 2.42. The number of aliphatic hydroxyl groups excluding tert-OH is 2. The fraction of sp³-hybridized carbons (Fsp3) is 1.00. The van der Waals surface area contributed by atoms with Crippen LogP contribution in [0.2, 0.25) is 0 Å². The molecular formula is C10H18F2O2. The van der Waals surface area contributed by atoms with Crippen LogP contribution in [-0.2, 0) is 0 Å². The first kappa shape index (κ1) is 11.9. The largest absolute Gasteiger partial charge is 0.393 e. The maximum absolute atomic E-state index is 12.4. The van der Waals surface area contributed by atoms with Crippen LogP contribution in [0.15, 0.2) is 0 Å². The highest BCUT2D eigenvalue weighted by Crippen LogP contribution is 2.46. The Hall–Kier alpha value is -0.220. The van der Waals surface area contributed by atoms with E-state index in [9.17, 15) is 8.78 Å². The van der Waals surface area contributed by atoms with E-state index in [0.29, 0.717) is 12.8 Å². The lowest BCUT2D eigenvalue weighted by Gasteiger charge is -1.95. The van der Waals surface area contributed by atoms with Crippen LogP contribution in [0.25, 0.3) is 0 Å². The van der Waals surface area contributed by atoms with Crippen molar-refractivity contribution < 1.29 is 19.0 Å². The van der Waals surface area contributed by atoms with Gasteiger partial charge in [0.2, 0.25) is 0 Å². The van der Waals surface area contributed by atoms with Crippen molar-refractivity contribution in [2.24, 2.45) is 11.8 Å². The van der Waals surface area contributed by atoms with Gasteiger partial charge in [0, 0.05) is 0 Å². The predicted molar refractivity (Wildman–Crippen MR) is 49.4 cm³/mol. The molecule has 0 aliphatic heterocycles. The summed E-state index contributed by atoms with van der Waals surface area (Å²) in [7, 11) is 0. The minimum atomic E-state index is -1.19. The molecule has 2 saturated carbocycles. The molecule has 0 bridgehead atoms. The zero-order chi connectivity index (χ0) is 11.0. The normalized spacial score (nSPS) is 49.3. The topological polar surface area (TPSA) is 40.5 Å². The van der Waals surface area contributed by atoms with Crippen LogP contribution in [0, 0.1) is 11.8 Å². The quantitative estimate of drug-likeness (QED) is 0.721. The fourth-order valence-corrected chi connectivity index (χ4v) is 1.34. The summed E-state index contributed by atoms with van der Waals surface area (Å²) < 4.78 is 24.7. The van der Waals surface area contributed by atoms with Crippen LogP contribution >= 0.6 is 0 Å². The van der Waals surface area contributed by atoms with Crippen molar-refractivity contribution >= 4 is 0 Å². The summed E-state index contributed by atoms with van der Waals surface area (Å²) >= 11 is 0. The summed E-state index contributed by atoms with van der Waals surface area (Å²) in [5, 5.41) is 16.5. The average Bonchev–Trinajstić information content (AvgIpc) is 2.95. The molecule has 0 aromatic rings. The van der Waals surface area contributed by atoms with E-state index in [1.165, 1.54) is 0 Å². The van der Waals surface area contributed by atoms with Gasteiger partial charge in [-0.2, -0.15) is 0 Å². The van der Waals surface area contributed by atoms with Crippen LogP contribution in [-0.4, -0.2) is 34.8 Å². The van der Waals surface area contributed by atoms with E-state index in [-0.39, 0.29) is 25.0 Å². The zero-order valence-electron chi connectivity index (χ0n) is 8.63. The number of hydrogen-bond donors (Lipinski definition) is 2. The van der Waals surface area contributed by atoms with Crippen LogP contribution in [0.4, 0.5) is 8.78 Å². The minimum absolute atomic E-state index is 0.0949. The molecule has 2 N–H and O–H groups in total. The molecule has 14 heavy (non-hydrogen) atoms. The standard InChI is InChI=1S/2C5H9FO/c2*1-4-2-5(4,6)3-7/h2*4,7H,2-3H2,1H3/t2*4-,5-/m10/s1. The second-order valence-corrected chi connectivity index (χ2v) is 4.60. The summed E-state index contributed by atoms with van der Waals surface area (Å²) in [6, 6.07) is 0. The van der Waals surface area contributed by atoms with Gasteiger partial charge in [-0.1, -0.05) is 13.8 Å². The van der Waals surface area contributed by atoms with Gasteiger partial charge in [-0.25, -0.2) is 8.78 Å². The monoisotopic (exact) mass is 208 g/mol. The third-order valence-corrected chi connectivity index (χ3v) is 3.26. The van der Waals surface area contributed by atoms with Crippen molar-refractivity contribution in [1.29, 1.82) is 0 Å². The summed E-state index contributed by atoms with van der Waals surface area (Å²) in [5.41, 5.74) is -2.39. The Morgan fingerprint density at radius 2 is 1.21 bits per heavy atom. The van der Waals surface area contributed by atoms with Gasteiger partial charge in [-0.3, -0.25) is 0 Å². The van der Waals surface area contributed by atoms with E-state index < -0.39 is 11.3 Å². The molecule has 4 atom stereocenters. The minimum Gasteiger partial charge on any atom is -0.393 e. The van der Waals surface area contributed by atoms with E-state index in [1.807, 2.05) is 0 Å². The number of alkyl halides is 2. The van der Waals surface area contributed by atoms with E-state index in [4.69, 9.17) is 10.2 Å². The highest BCUT2D eigenvalue weighted by molar-refractivity contribution is 5.01. The van der Waals surface area contributed by atoms with E-state index >= 15 is 0 Å². The van der Waals surface area contributed by atoms with Crippen molar-refractivity contribution in [1.82, 2.24) is 0 Å². The van der Waals surface area contributed by atoms with Crippen LogP contribution in [0.3, 0.4) is 0 Å². The lowest BCUT2D eigenvalue weighted by molar-refractivity contribution is 0.148. The first-order chi connectivity index (χ1) is 6.38. The summed E-state index contributed by atoms with van der Waals surface area (Å²) in [6.07, 6.45) is 1.09. The van der Waals surface area contributed by atoms with Gasteiger partial charge in [-0.05, 0) is 24.7 Å². The SMILES string of the molecule is C[C@@H]1C[C@@]1(F)CO.C[C@H]1C[C@]1(F)CO. The molecule has 0 spiro atoms. The van der Waals surface area contributed by atoms with E-state index in [1.54, 1.807) is 13.8 Å². The van der Waals surface area contributed by atoms with E-state index in [0.717, 1.165) is 0 Å². The second kappa shape index (κ2) is 3.74. The Balaban J connectivity index is 0.000000140. The van der Waals surface area contributed by atoms with Crippen molar-refractivity contribution in [3.05, 3.63) is 0 Å². The molecule has 0 aromatic heterocycles. The molecule has 2 aliphatic rings. The smallest absolute Gasteiger partial charge is 0.137 e. The lowest BCUT2D eigenvalue weighted by Crippen LogP contribution is -2.07. The molecule has 0 unspecified atom stereocenters. The predicted octanol–water partition coefficient (Wildman–Crippen LogP) is 1.45. The van der Waals surface area contributed by atoms with Gasteiger partial charge in [0.15, 0.2) is 0 Å². The van der Waals surface area contributed by atoms with Gasteiger partial charge >= 0.3 is 0 Å². The van der Waals surface area contributed by atoms with Gasteiger partial charge in [0.1, 0.15) is 11.3 Å². The molecule has 2 fully saturated rings. The molecule has 0 saturated heterocycles. The summed E-state index contributed by atoms with van der Waals surface area (Å²) in [6.45, 7) is 3.01. The molecule has 2 rings (SSSR count). The number of halogens is 2. The Labute approximate surface area is 82.9 Å². The van der Waals surface area contributed by atoms with Crippen molar-refractivity contribution in [2.45, 2.75) is 38.0 Å². The first-order valence-electron chi connectivity index (χ1n) is 4.97. The van der Waals surface area contributed by atoms with Gasteiger partial charge in [0.05, 0.1) is 13.2 Å². The summed E-state index contributed by atoms with van der Waals surface area (Å²) in [4.78, 5) is 0. The molecule has 0 heterocycles. The molecule has 84 valence electrons. The Morgan fingerprint density at radius 3 is 1.21 bits per heavy atom. The molecular weight excluding hydrogens is 190 g/mol. The first-order valence-corrected chi connectivity index (χ1v) is 4.97. The van der Waals surface area contributed by atoms with Crippen molar-refractivity contribution in [2.75, 3.05) is 13.2 Å². The molecule has 2 nitrogen and oxygen atoms in total. The maximum Gasteiger partial charge on any atom is 0.137 e. The van der Waals surface area contributed by atoms with Crippen LogP contribution in [0.5, 0.6) is 0 Å². The number of aliphatic hydroxyl groups is 2. The highest BCUT2D eigenvalue weighted by Gasteiger charge is 2.52. The van der Waals surface area contributed by atoms with Crippen LogP contribution < -0.4 is 0 Å². The Bertz CT molecular complexity index is 182. The average molecular weight is 208 g/mol. The Morgan fingerprint density at radius 1 is 1.00 bits per heavy atom. The van der Waals surface area contributed by atoms with Crippen molar-refractivity contribution in [3.63, 3.8) is 0 Å². The lowest BCUT2D eigenvalue weighted by atomic mass is 10.3. The zero-order valence-corrected chi connectivity index (χ0v) is 8.63. The molecule has 4 heteroatoms. The highest BCUT2D eigenvalue weighted by atomic mass is 19.1.